The molecule has 100 valence electrons. The van der Waals surface area contributed by atoms with Crippen LogP contribution < -0.4 is 15.4 Å². The van der Waals surface area contributed by atoms with Crippen LogP contribution in [0.25, 0.3) is 0 Å². The van der Waals surface area contributed by atoms with E-state index in [0.29, 0.717) is 12.0 Å². The molecule has 0 saturated carbocycles. The Morgan fingerprint density at radius 2 is 1.83 bits per heavy atom. The molecule has 0 amide bonds. The molecule has 0 spiro atoms. The van der Waals surface area contributed by atoms with Gasteiger partial charge in [-0.25, -0.2) is 0 Å². The van der Waals surface area contributed by atoms with E-state index in [1.165, 1.54) is 5.69 Å². The fraction of sp³-hybridized carbons (Fsp3) is 0.600. The van der Waals surface area contributed by atoms with E-state index in [1.54, 1.807) is 0 Å². The van der Waals surface area contributed by atoms with Gasteiger partial charge in [-0.2, -0.15) is 0 Å². The predicted octanol–water partition coefficient (Wildman–Crippen LogP) is 2.65. The maximum Gasteiger partial charge on any atom is 0.119 e. The average Bonchev–Trinajstić information content (AvgIpc) is 2.38. The van der Waals surface area contributed by atoms with Crippen LogP contribution in [0.4, 0.5) is 5.69 Å². The van der Waals surface area contributed by atoms with E-state index in [0.717, 1.165) is 38.3 Å². The summed E-state index contributed by atoms with van der Waals surface area (Å²) in [5.74, 6) is 1.52. The number of ether oxygens (including phenoxy) is 1. The SMILES string of the molecule is CC(C)COc1ccc(N2CCC(N)CC2)cc1. The van der Waals surface area contributed by atoms with Crippen molar-refractivity contribution in [2.24, 2.45) is 11.7 Å². The Balaban J connectivity index is 1.91. The molecular weight excluding hydrogens is 224 g/mol. The summed E-state index contributed by atoms with van der Waals surface area (Å²) in [6.07, 6.45) is 2.18. The molecule has 3 heteroatoms. The largest absolute Gasteiger partial charge is 0.493 e. The fourth-order valence-electron chi connectivity index (χ4n) is 2.17. The van der Waals surface area contributed by atoms with Gasteiger partial charge in [0.05, 0.1) is 6.61 Å². The molecule has 0 bridgehead atoms. The lowest BCUT2D eigenvalue weighted by Crippen LogP contribution is -2.39. The molecule has 18 heavy (non-hydrogen) atoms. The van der Waals surface area contributed by atoms with E-state index in [4.69, 9.17) is 10.5 Å². The van der Waals surface area contributed by atoms with Crippen molar-refractivity contribution < 1.29 is 4.74 Å². The number of anilines is 1. The van der Waals surface area contributed by atoms with Crippen molar-refractivity contribution in [2.75, 3.05) is 24.6 Å². The van der Waals surface area contributed by atoms with Gasteiger partial charge in [-0.05, 0) is 43.0 Å². The highest BCUT2D eigenvalue weighted by Gasteiger charge is 2.16. The van der Waals surface area contributed by atoms with E-state index >= 15 is 0 Å². The molecule has 0 unspecified atom stereocenters. The minimum Gasteiger partial charge on any atom is -0.493 e. The molecule has 1 aliphatic heterocycles. The van der Waals surface area contributed by atoms with Gasteiger partial charge in [0.2, 0.25) is 0 Å². The standard InChI is InChI=1S/C15H24N2O/c1-12(2)11-18-15-5-3-14(4-6-15)17-9-7-13(16)8-10-17/h3-6,12-13H,7-11,16H2,1-2H3. The first-order valence-electron chi connectivity index (χ1n) is 6.88. The number of rotatable bonds is 4. The van der Waals surface area contributed by atoms with Gasteiger partial charge in [-0.3, -0.25) is 0 Å². The molecule has 1 aromatic rings. The minimum atomic E-state index is 0.384. The van der Waals surface area contributed by atoms with Crippen LogP contribution in [-0.4, -0.2) is 25.7 Å². The van der Waals surface area contributed by atoms with Crippen molar-refractivity contribution in [1.82, 2.24) is 0 Å². The summed E-state index contributed by atoms with van der Waals surface area (Å²) >= 11 is 0. The lowest BCUT2D eigenvalue weighted by molar-refractivity contribution is 0.271. The molecule has 0 aliphatic carbocycles. The number of hydrogen-bond acceptors (Lipinski definition) is 3. The van der Waals surface area contributed by atoms with Gasteiger partial charge in [-0.1, -0.05) is 13.8 Å². The second kappa shape index (κ2) is 6.10. The maximum absolute atomic E-state index is 5.92. The Morgan fingerprint density at radius 3 is 2.39 bits per heavy atom. The molecule has 1 aliphatic rings. The third-order valence-corrected chi connectivity index (χ3v) is 3.32. The summed E-state index contributed by atoms with van der Waals surface area (Å²) in [6.45, 7) is 7.22. The quantitative estimate of drug-likeness (QED) is 0.890. The predicted molar refractivity (Wildman–Crippen MR) is 76.2 cm³/mol. The average molecular weight is 248 g/mol. The summed E-state index contributed by atoms with van der Waals surface area (Å²) < 4.78 is 5.69. The van der Waals surface area contributed by atoms with Crippen LogP contribution in [0.3, 0.4) is 0 Å². The zero-order valence-corrected chi connectivity index (χ0v) is 11.4. The molecule has 0 atom stereocenters. The summed E-state index contributed by atoms with van der Waals surface area (Å²) in [5, 5.41) is 0. The van der Waals surface area contributed by atoms with Crippen LogP contribution in [0.1, 0.15) is 26.7 Å². The molecule has 2 rings (SSSR count). The molecule has 0 radical (unpaired) electrons. The van der Waals surface area contributed by atoms with Crippen molar-refractivity contribution in [3.63, 3.8) is 0 Å². The number of nitrogens with two attached hydrogens (primary N) is 1. The number of piperidine rings is 1. The molecule has 2 N–H and O–H groups in total. The Labute approximate surface area is 110 Å². The van der Waals surface area contributed by atoms with Crippen LogP contribution >= 0.6 is 0 Å². The topological polar surface area (TPSA) is 38.5 Å². The Morgan fingerprint density at radius 1 is 1.22 bits per heavy atom. The summed E-state index contributed by atoms with van der Waals surface area (Å²) in [4.78, 5) is 2.40. The third kappa shape index (κ3) is 3.64. The summed E-state index contributed by atoms with van der Waals surface area (Å²) in [7, 11) is 0. The van der Waals surface area contributed by atoms with Gasteiger partial charge < -0.3 is 15.4 Å². The summed E-state index contributed by atoms with van der Waals surface area (Å²) in [6, 6.07) is 8.80. The van der Waals surface area contributed by atoms with Gasteiger partial charge in [0.15, 0.2) is 0 Å². The van der Waals surface area contributed by atoms with Crippen molar-refractivity contribution in [2.45, 2.75) is 32.7 Å². The van der Waals surface area contributed by atoms with E-state index < -0.39 is 0 Å². The zero-order chi connectivity index (χ0) is 13.0. The van der Waals surface area contributed by atoms with E-state index in [1.807, 2.05) is 0 Å². The van der Waals surface area contributed by atoms with E-state index in [2.05, 4.69) is 43.0 Å². The van der Waals surface area contributed by atoms with Crippen LogP contribution in [0, 0.1) is 5.92 Å². The molecule has 3 nitrogen and oxygen atoms in total. The van der Waals surface area contributed by atoms with Crippen molar-refractivity contribution in [3.8, 4) is 5.75 Å². The second-order valence-electron chi connectivity index (χ2n) is 5.52. The third-order valence-electron chi connectivity index (χ3n) is 3.32. The molecular formula is C15H24N2O. The normalized spacial score (nSPS) is 17.2. The van der Waals surface area contributed by atoms with Crippen LogP contribution in [-0.2, 0) is 0 Å². The Kier molecular flexibility index (Phi) is 4.48. The van der Waals surface area contributed by atoms with Gasteiger partial charge in [0.25, 0.3) is 0 Å². The number of benzene rings is 1. The highest BCUT2D eigenvalue weighted by Crippen LogP contribution is 2.22. The van der Waals surface area contributed by atoms with Gasteiger partial charge >= 0.3 is 0 Å². The van der Waals surface area contributed by atoms with E-state index in [9.17, 15) is 0 Å². The highest BCUT2D eigenvalue weighted by atomic mass is 16.5. The monoisotopic (exact) mass is 248 g/mol. The Bertz CT molecular complexity index is 353. The lowest BCUT2D eigenvalue weighted by atomic mass is 10.1. The number of hydrogen-bond donors (Lipinski definition) is 1. The van der Waals surface area contributed by atoms with Gasteiger partial charge in [-0.15, -0.1) is 0 Å². The van der Waals surface area contributed by atoms with Crippen molar-refractivity contribution in [1.29, 1.82) is 0 Å². The lowest BCUT2D eigenvalue weighted by Gasteiger charge is -2.32. The smallest absolute Gasteiger partial charge is 0.119 e. The van der Waals surface area contributed by atoms with Gasteiger partial charge in [0.1, 0.15) is 5.75 Å². The second-order valence-corrected chi connectivity index (χ2v) is 5.52. The first-order valence-corrected chi connectivity index (χ1v) is 6.88. The first-order chi connectivity index (χ1) is 8.65. The van der Waals surface area contributed by atoms with Crippen LogP contribution in [0.5, 0.6) is 5.75 Å². The fourth-order valence-corrected chi connectivity index (χ4v) is 2.17. The molecule has 1 fully saturated rings. The van der Waals surface area contributed by atoms with Crippen molar-refractivity contribution >= 4 is 5.69 Å². The summed E-state index contributed by atoms with van der Waals surface area (Å²) in [5.41, 5.74) is 7.20. The minimum absolute atomic E-state index is 0.384. The van der Waals surface area contributed by atoms with Crippen LogP contribution in [0.15, 0.2) is 24.3 Å². The van der Waals surface area contributed by atoms with Crippen molar-refractivity contribution in [3.05, 3.63) is 24.3 Å². The maximum atomic E-state index is 5.92. The Hall–Kier alpha value is -1.22. The number of nitrogens with zero attached hydrogens (tertiary/aromatic N) is 1. The molecule has 1 saturated heterocycles. The first kappa shape index (κ1) is 13.2. The molecule has 1 aromatic carbocycles. The van der Waals surface area contributed by atoms with E-state index in [-0.39, 0.29) is 0 Å². The molecule has 1 heterocycles. The highest BCUT2D eigenvalue weighted by molar-refractivity contribution is 5.49. The van der Waals surface area contributed by atoms with Crippen LogP contribution in [0.2, 0.25) is 0 Å². The molecule has 0 aromatic heterocycles. The van der Waals surface area contributed by atoms with Gasteiger partial charge in [0, 0.05) is 24.8 Å². The zero-order valence-electron chi connectivity index (χ0n) is 11.4.